The minimum absolute atomic E-state index is 0.0238. The molecule has 0 fully saturated rings. The minimum Gasteiger partial charge on any atom is -0.492 e. The van der Waals surface area contributed by atoms with Crippen molar-refractivity contribution in [3.8, 4) is 5.75 Å². The summed E-state index contributed by atoms with van der Waals surface area (Å²) in [4.78, 5) is -0.244. The highest BCUT2D eigenvalue weighted by Crippen LogP contribution is 2.33. The Morgan fingerprint density at radius 1 is 1.16 bits per heavy atom. The average molecular weight is 424 g/mol. The number of nitrogens with one attached hydrogen (secondary N) is 1. The number of benzene rings is 1. The van der Waals surface area contributed by atoms with E-state index >= 15 is 0 Å². The van der Waals surface area contributed by atoms with E-state index in [0.29, 0.717) is 17.1 Å². The zero-order chi connectivity index (χ0) is 18.8. The number of halogens is 1. The summed E-state index contributed by atoms with van der Waals surface area (Å²) in [6.45, 7) is 4.03. The second-order valence-corrected chi connectivity index (χ2v) is 11.1. The molecule has 10 heteroatoms. The van der Waals surface area contributed by atoms with Gasteiger partial charge in [0.25, 0.3) is 0 Å². The van der Waals surface area contributed by atoms with Crippen LogP contribution >= 0.6 is 22.9 Å². The van der Waals surface area contributed by atoms with Crippen molar-refractivity contribution in [2.75, 3.05) is 19.4 Å². The fourth-order valence-corrected chi connectivity index (χ4v) is 6.12. The highest BCUT2D eigenvalue weighted by atomic mass is 35.5. The van der Waals surface area contributed by atoms with E-state index in [-0.39, 0.29) is 26.6 Å². The molecule has 0 bridgehead atoms. The molecule has 0 saturated carbocycles. The summed E-state index contributed by atoms with van der Waals surface area (Å²) in [5.74, 6) is 0.678. The number of hydrogen-bond donors (Lipinski definition) is 1. The Hall–Kier alpha value is -1.13. The van der Waals surface area contributed by atoms with Gasteiger partial charge in [-0.05, 0) is 31.5 Å². The lowest BCUT2D eigenvalue weighted by atomic mass is 10.1. The first-order valence-corrected chi connectivity index (χ1v) is 11.8. The van der Waals surface area contributed by atoms with Crippen molar-refractivity contribution in [1.82, 2.24) is 4.72 Å². The van der Waals surface area contributed by atoms with Crippen LogP contribution in [-0.2, 0) is 19.9 Å². The molecule has 0 aliphatic heterocycles. The first kappa shape index (κ1) is 20.2. The maximum atomic E-state index is 12.3. The van der Waals surface area contributed by atoms with Crippen molar-refractivity contribution in [2.45, 2.75) is 23.0 Å². The van der Waals surface area contributed by atoms with Gasteiger partial charge >= 0.3 is 0 Å². The van der Waals surface area contributed by atoms with Gasteiger partial charge in [-0.15, -0.1) is 11.3 Å². The average Bonchev–Trinajstić information content (AvgIpc) is 2.88. The lowest BCUT2D eigenvalue weighted by Crippen LogP contribution is -2.28. The Balaban J connectivity index is 2.01. The van der Waals surface area contributed by atoms with E-state index in [1.807, 2.05) is 32.0 Å². The van der Waals surface area contributed by atoms with E-state index in [2.05, 4.69) is 4.72 Å². The molecule has 1 N–H and O–H groups in total. The number of hydrogen-bond acceptors (Lipinski definition) is 6. The van der Waals surface area contributed by atoms with Gasteiger partial charge in [-0.2, -0.15) is 0 Å². The number of sulfone groups is 1. The first-order valence-electron chi connectivity index (χ1n) is 7.20. The Morgan fingerprint density at radius 3 is 2.40 bits per heavy atom. The van der Waals surface area contributed by atoms with E-state index in [4.69, 9.17) is 16.3 Å². The molecular formula is C15H18ClNO5S3. The van der Waals surface area contributed by atoms with Crippen LogP contribution in [0, 0.1) is 13.8 Å². The topological polar surface area (TPSA) is 89.5 Å². The summed E-state index contributed by atoms with van der Waals surface area (Å²) in [6, 6.07) is 6.77. The number of ether oxygens (including phenoxy) is 1. The van der Waals surface area contributed by atoms with Gasteiger partial charge in [-0.3, -0.25) is 0 Å². The van der Waals surface area contributed by atoms with Gasteiger partial charge in [-0.1, -0.05) is 29.3 Å². The van der Waals surface area contributed by atoms with Crippen molar-refractivity contribution in [1.29, 1.82) is 0 Å². The molecule has 2 rings (SSSR count). The summed E-state index contributed by atoms with van der Waals surface area (Å²) >= 11 is 6.60. The van der Waals surface area contributed by atoms with E-state index < -0.39 is 19.9 Å². The molecule has 0 spiro atoms. The van der Waals surface area contributed by atoms with Crippen LogP contribution in [0.4, 0.5) is 0 Å². The van der Waals surface area contributed by atoms with Gasteiger partial charge in [0.15, 0.2) is 9.84 Å². The Labute approximate surface area is 156 Å². The van der Waals surface area contributed by atoms with Crippen LogP contribution in [0.5, 0.6) is 5.75 Å². The number of thiophene rings is 1. The van der Waals surface area contributed by atoms with E-state index in [0.717, 1.165) is 23.4 Å². The lowest BCUT2D eigenvalue weighted by Gasteiger charge is -2.10. The van der Waals surface area contributed by atoms with Crippen LogP contribution in [0.15, 0.2) is 33.4 Å². The Kier molecular flexibility index (Phi) is 6.16. The fraction of sp³-hybridized carbons (Fsp3) is 0.333. The lowest BCUT2D eigenvalue weighted by molar-refractivity contribution is 0.320. The van der Waals surface area contributed by atoms with Gasteiger partial charge in [0, 0.05) is 12.8 Å². The van der Waals surface area contributed by atoms with Crippen LogP contribution in [-0.4, -0.2) is 36.2 Å². The van der Waals surface area contributed by atoms with Gasteiger partial charge in [0.05, 0.1) is 0 Å². The zero-order valence-corrected chi connectivity index (χ0v) is 17.1. The summed E-state index contributed by atoms with van der Waals surface area (Å²) < 4.78 is 55.3. The Bertz CT molecular complexity index is 981. The van der Waals surface area contributed by atoms with E-state index in [1.165, 1.54) is 0 Å². The molecule has 2 aromatic rings. The van der Waals surface area contributed by atoms with E-state index in [1.54, 1.807) is 0 Å². The summed E-state index contributed by atoms with van der Waals surface area (Å²) in [5.41, 5.74) is 2.07. The number of aryl methyl sites for hydroxylation is 2. The smallest absolute Gasteiger partial charge is 0.243 e. The molecule has 6 nitrogen and oxygen atoms in total. The molecule has 0 atom stereocenters. The van der Waals surface area contributed by atoms with Gasteiger partial charge in [-0.25, -0.2) is 21.6 Å². The predicted molar refractivity (Wildman–Crippen MR) is 99.0 cm³/mol. The normalized spacial score (nSPS) is 12.3. The highest BCUT2D eigenvalue weighted by Gasteiger charge is 2.24. The molecule has 0 aliphatic carbocycles. The first-order chi connectivity index (χ1) is 11.5. The second kappa shape index (κ2) is 7.63. The molecule has 1 heterocycles. The monoisotopic (exact) mass is 423 g/mol. The van der Waals surface area contributed by atoms with Gasteiger partial charge in [0.1, 0.15) is 25.8 Å². The molecule has 1 aromatic heterocycles. The molecular weight excluding hydrogens is 406 g/mol. The van der Waals surface area contributed by atoms with Crippen molar-refractivity contribution < 1.29 is 21.6 Å². The van der Waals surface area contributed by atoms with Crippen molar-refractivity contribution in [3.05, 3.63) is 39.7 Å². The second-order valence-electron chi connectivity index (χ2n) is 5.49. The van der Waals surface area contributed by atoms with Gasteiger partial charge < -0.3 is 4.74 Å². The van der Waals surface area contributed by atoms with Crippen LogP contribution in [0.25, 0.3) is 0 Å². The van der Waals surface area contributed by atoms with Crippen molar-refractivity contribution >= 4 is 42.8 Å². The third kappa shape index (κ3) is 5.18. The number of sulfonamides is 1. The quantitative estimate of drug-likeness (QED) is 0.691. The molecule has 1 aromatic carbocycles. The van der Waals surface area contributed by atoms with Crippen molar-refractivity contribution in [3.63, 3.8) is 0 Å². The van der Waals surface area contributed by atoms with Crippen LogP contribution in [0.1, 0.15) is 11.1 Å². The molecule has 0 aliphatic rings. The summed E-state index contributed by atoms with van der Waals surface area (Å²) in [6.07, 6.45) is 0.997. The fourth-order valence-electron chi connectivity index (χ4n) is 2.07. The minimum atomic E-state index is -3.92. The van der Waals surface area contributed by atoms with Crippen LogP contribution < -0.4 is 9.46 Å². The summed E-state index contributed by atoms with van der Waals surface area (Å²) in [7, 11) is -7.43. The molecule has 0 saturated heterocycles. The maximum absolute atomic E-state index is 12.3. The predicted octanol–water partition coefficient (Wildman–Crippen LogP) is 2.78. The van der Waals surface area contributed by atoms with Crippen molar-refractivity contribution in [2.24, 2.45) is 0 Å². The maximum Gasteiger partial charge on any atom is 0.243 e. The van der Waals surface area contributed by atoms with Crippen LogP contribution in [0.2, 0.25) is 4.34 Å². The largest absolute Gasteiger partial charge is 0.492 e. The number of rotatable bonds is 7. The highest BCUT2D eigenvalue weighted by molar-refractivity contribution is 7.93. The molecule has 138 valence electrons. The third-order valence-electron chi connectivity index (χ3n) is 3.27. The van der Waals surface area contributed by atoms with Gasteiger partial charge in [0.2, 0.25) is 10.0 Å². The standard InChI is InChI=1S/C15H18ClNO5S3/c1-10-4-5-12(11(2)8-10)22-7-6-17-25(20,21)13-9-14(23-15(13)16)24(3,18)19/h4-5,8-9,17H,6-7H2,1-3H3. The zero-order valence-electron chi connectivity index (χ0n) is 13.9. The molecule has 25 heavy (non-hydrogen) atoms. The SMILES string of the molecule is Cc1ccc(OCCNS(=O)(=O)c2cc(S(C)(=O)=O)sc2Cl)c(C)c1. The molecule has 0 radical (unpaired) electrons. The molecule has 0 amide bonds. The van der Waals surface area contributed by atoms with Crippen LogP contribution in [0.3, 0.4) is 0 Å². The molecule has 0 unspecified atom stereocenters. The van der Waals surface area contributed by atoms with E-state index in [9.17, 15) is 16.8 Å². The third-order valence-corrected chi connectivity index (χ3v) is 8.16. The summed E-state index contributed by atoms with van der Waals surface area (Å²) in [5, 5.41) is 0. The Morgan fingerprint density at radius 2 is 1.84 bits per heavy atom.